The Morgan fingerprint density at radius 1 is 1.03 bits per heavy atom. The second-order valence-electron chi connectivity index (χ2n) is 7.03. The number of rotatable bonds is 8. The highest BCUT2D eigenvalue weighted by Crippen LogP contribution is 2.17. The first-order valence-corrected chi connectivity index (χ1v) is 11.3. The Morgan fingerprint density at radius 2 is 1.68 bits per heavy atom. The van der Waals surface area contributed by atoms with Crippen LogP contribution in [0, 0.1) is 10.1 Å². The number of carbonyl (C=O) groups excluding carboxylic acids is 1. The van der Waals surface area contributed by atoms with Gasteiger partial charge in [-0.2, -0.15) is 4.31 Å². The van der Waals surface area contributed by atoms with Crippen LogP contribution in [0.5, 0.6) is 0 Å². The van der Waals surface area contributed by atoms with E-state index in [0.717, 1.165) is 0 Å². The van der Waals surface area contributed by atoms with Gasteiger partial charge in [-0.15, -0.1) is 0 Å². The molecule has 3 rings (SSSR count). The molecule has 0 radical (unpaired) electrons. The third-order valence-electron chi connectivity index (χ3n) is 4.97. The third kappa shape index (κ3) is 6.20. The molecule has 1 fully saturated rings. The fourth-order valence-corrected chi connectivity index (χ4v) is 4.65. The fraction of sp³-hybridized carbons (Fsp3) is 0.286. The van der Waals surface area contributed by atoms with Crippen LogP contribution in [0.1, 0.15) is 5.56 Å². The second kappa shape index (κ2) is 10.3. The van der Waals surface area contributed by atoms with Gasteiger partial charge in [0.2, 0.25) is 15.9 Å². The molecule has 0 bridgehead atoms. The summed E-state index contributed by atoms with van der Waals surface area (Å²) in [6.07, 6.45) is 2.97. The van der Waals surface area contributed by atoms with Gasteiger partial charge >= 0.3 is 0 Å². The summed E-state index contributed by atoms with van der Waals surface area (Å²) in [6.45, 7) is 3.07. The van der Waals surface area contributed by atoms with Crippen LogP contribution in [0.4, 0.5) is 5.69 Å². The summed E-state index contributed by atoms with van der Waals surface area (Å²) in [5.41, 5.74) is 0.690. The molecular weight excluding hydrogens is 420 g/mol. The van der Waals surface area contributed by atoms with Crippen LogP contribution >= 0.6 is 0 Å². The van der Waals surface area contributed by atoms with Gasteiger partial charge in [-0.1, -0.05) is 18.2 Å². The van der Waals surface area contributed by atoms with Crippen molar-refractivity contribution in [3.8, 4) is 0 Å². The lowest BCUT2D eigenvalue weighted by molar-refractivity contribution is -0.384. The van der Waals surface area contributed by atoms with E-state index in [1.807, 2.05) is 0 Å². The van der Waals surface area contributed by atoms with Crippen molar-refractivity contribution in [1.82, 2.24) is 14.5 Å². The Kier molecular flexibility index (Phi) is 7.50. The van der Waals surface area contributed by atoms with Gasteiger partial charge < -0.3 is 5.32 Å². The monoisotopic (exact) mass is 444 g/mol. The van der Waals surface area contributed by atoms with Crippen LogP contribution in [0.25, 0.3) is 6.08 Å². The van der Waals surface area contributed by atoms with Crippen LogP contribution in [0.3, 0.4) is 0 Å². The second-order valence-corrected chi connectivity index (χ2v) is 8.97. The molecule has 9 nitrogen and oxygen atoms in total. The highest BCUT2D eigenvalue weighted by atomic mass is 32.2. The number of nitro benzene ring substituents is 1. The van der Waals surface area contributed by atoms with Crippen molar-refractivity contribution in [2.24, 2.45) is 0 Å². The van der Waals surface area contributed by atoms with Gasteiger partial charge in [-0.25, -0.2) is 8.42 Å². The van der Waals surface area contributed by atoms with Gasteiger partial charge in [0, 0.05) is 57.5 Å². The van der Waals surface area contributed by atoms with Crippen molar-refractivity contribution in [3.63, 3.8) is 0 Å². The lowest BCUT2D eigenvalue weighted by Gasteiger charge is -2.33. The maximum Gasteiger partial charge on any atom is 0.269 e. The number of nitrogens with one attached hydrogen (secondary N) is 1. The molecule has 31 heavy (non-hydrogen) atoms. The molecule has 1 saturated heterocycles. The predicted octanol–water partition coefficient (Wildman–Crippen LogP) is 1.73. The van der Waals surface area contributed by atoms with E-state index in [9.17, 15) is 23.3 Å². The number of carbonyl (C=O) groups is 1. The molecule has 0 spiro atoms. The summed E-state index contributed by atoms with van der Waals surface area (Å²) < 4.78 is 26.8. The molecule has 0 atom stereocenters. The summed E-state index contributed by atoms with van der Waals surface area (Å²) in [4.78, 5) is 24.5. The number of hydrogen-bond acceptors (Lipinski definition) is 6. The van der Waals surface area contributed by atoms with Gasteiger partial charge in [0.25, 0.3) is 5.69 Å². The van der Waals surface area contributed by atoms with Crippen molar-refractivity contribution >= 4 is 27.7 Å². The minimum absolute atomic E-state index is 0.00160. The zero-order valence-electron chi connectivity index (χ0n) is 16.9. The highest BCUT2D eigenvalue weighted by molar-refractivity contribution is 7.89. The molecule has 10 heteroatoms. The number of hydrogen-bond donors (Lipinski definition) is 1. The molecule has 0 aliphatic carbocycles. The zero-order valence-corrected chi connectivity index (χ0v) is 17.7. The average Bonchev–Trinajstić information content (AvgIpc) is 2.79. The number of nitro groups is 1. The number of nitrogens with zero attached hydrogens (tertiary/aromatic N) is 3. The number of piperazine rings is 1. The first-order valence-electron chi connectivity index (χ1n) is 9.84. The Balaban J connectivity index is 1.40. The minimum atomic E-state index is -3.47. The summed E-state index contributed by atoms with van der Waals surface area (Å²) >= 11 is 0. The van der Waals surface area contributed by atoms with Crippen LogP contribution in [-0.4, -0.2) is 67.7 Å². The SMILES string of the molecule is O=C(/C=C\c1ccc([N+](=O)[O-])cc1)NCCN1CCN(S(=O)(=O)c2ccccc2)CC1. The molecule has 1 amide bonds. The van der Waals surface area contributed by atoms with Gasteiger partial charge in [0.1, 0.15) is 0 Å². The summed E-state index contributed by atoms with van der Waals surface area (Å²) in [7, 11) is -3.47. The Morgan fingerprint density at radius 3 is 2.29 bits per heavy atom. The highest BCUT2D eigenvalue weighted by Gasteiger charge is 2.28. The first-order chi connectivity index (χ1) is 14.9. The largest absolute Gasteiger partial charge is 0.351 e. The molecule has 1 aliphatic rings. The number of non-ortho nitro benzene ring substituents is 1. The third-order valence-corrected chi connectivity index (χ3v) is 6.88. The predicted molar refractivity (Wildman–Crippen MR) is 117 cm³/mol. The van der Waals surface area contributed by atoms with Crippen LogP contribution < -0.4 is 5.32 Å². The van der Waals surface area contributed by atoms with Crippen molar-refractivity contribution in [1.29, 1.82) is 0 Å². The maximum absolute atomic E-state index is 12.6. The number of benzene rings is 2. The van der Waals surface area contributed by atoms with Crippen LogP contribution in [0.2, 0.25) is 0 Å². The van der Waals surface area contributed by atoms with E-state index in [0.29, 0.717) is 49.7 Å². The fourth-order valence-electron chi connectivity index (χ4n) is 3.21. The molecule has 1 aliphatic heterocycles. The van der Waals surface area contributed by atoms with E-state index in [1.165, 1.54) is 22.5 Å². The quantitative estimate of drug-likeness (QED) is 0.377. The topological polar surface area (TPSA) is 113 Å². The molecule has 1 heterocycles. The summed E-state index contributed by atoms with van der Waals surface area (Å²) in [6, 6.07) is 14.3. The molecule has 0 unspecified atom stereocenters. The van der Waals surface area contributed by atoms with Crippen molar-refractivity contribution in [3.05, 3.63) is 76.4 Å². The molecule has 164 valence electrons. The summed E-state index contributed by atoms with van der Waals surface area (Å²) in [5, 5.41) is 13.4. The summed E-state index contributed by atoms with van der Waals surface area (Å²) in [5.74, 6) is -0.261. The standard InChI is InChI=1S/C21H24N4O5S/c26-21(11-8-18-6-9-19(10-7-18)25(27)28)22-12-13-23-14-16-24(17-15-23)31(29,30)20-4-2-1-3-5-20/h1-11H,12-17H2,(H,22,26)/b11-8-. The van der Waals surface area contributed by atoms with Crippen molar-refractivity contribution < 1.29 is 18.1 Å². The van der Waals surface area contributed by atoms with E-state index >= 15 is 0 Å². The van der Waals surface area contributed by atoms with Crippen molar-refractivity contribution in [2.45, 2.75) is 4.90 Å². The first kappa shape index (κ1) is 22.6. The molecule has 0 aromatic heterocycles. The number of sulfonamides is 1. The molecule has 1 N–H and O–H groups in total. The van der Waals surface area contributed by atoms with Crippen LogP contribution in [-0.2, 0) is 14.8 Å². The Bertz CT molecular complexity index is 1030. The van der Waals surface area contributed by atoms with E-state index in [-0.39, 0.29) is 11.6 Å². The Labute approximate surface area is 181 Å². The molecule has 2 aromatic rings. The smallest absolute Gasteiger partial charge is 0.269 e. The van der Waals surface area contributed by atoms with Gasteiger partial charge in [-0.05, 0) is 35.9 Å². The Hall–Kier alpha value is -3.08. The molecule has 2 aromatic carbocycles. The zero-order chi connectivity index (χ0) is 22.3. The van der Waals surface area contributed by atoms with Crippen LogP contribution in [0.15, 0.2) is 65.6 Å². The normalized spacial score (nSPS) is 15.7. The van der Waals surface area contributed by atoms with Gasteiger partial charge in [-0.3, -0.25) is 19.8 Å². The van der Waals surface area contributed by atoms with Crippen molar-refractivity contribution in [2.75, 3.05) is 39.3 Å². The van der Waals surface area contributed by atoms with E-state index in [4.69, 9.17) is 0 Å². The molecular formula is C21H24N4O5S. The van der Waals surface area contributed by atoms with E-state index < -0.39 is 14.9 Å². The number of amides is 1. The average molecular weight is 445 g/mol. The molecule has 0 saturated carbocycles. The van der Waals surface area contributed by atoms with E-state index in [1.54, 1.807) is 48.5 Å². The lowest BCUT2D eigenvalue weighted by atomic mass is 10.2. The van der Waals surface area contributed by atoms with Gasteiger partial charge in [0.15, 0.2) is 0 Å². The van der Waals surface area contributed by atoms with E-state index in [2.05, 4.69) is 10.2 Å². The minimum Gasteiger partial charge on any atom is -0.351 e. The lowest BCUT2D eigenvalue weighted by Crippen LogP contribution is -2.50. The van der Waals surface area contributed by atoms with Gasteiger partial charge in [0.05, 0.1) is 9.82 Å². The maximum atomic E-state index is 12.6.